The minimum absolute atomic E-state index is 0.0883. The molecule has 2 amide bonds. The van der Waals surface area contributed by atoms with Gasteiger partial charge in [0.1, 0.15) is 12.4 Å². The van der Waals surface area contributed by atoms with Crippen LogP contribution in [0.2, 0.25) is 0 Å². The molecule has 1 aliphatic heterocycles. The molecule has 0 N–H and O–H groups in total. The van der Waals surface area contributed by atoms with Crippen molar-refractivity contribution >= 4 is 62.3 Å². The number of nitrogens with zero attached hydrogens (tertiary/aromatic N) is 1. The fourth-order valence-corrected chi connectivity index (χ4v) is 5.82. The van der Waals surface area contributed by atoms with Gasteiger partial charge in [0.05, 0.1) is 21.6 Å². The zero-order chi connectivity index (χ0) is 26.6. The van der Waals surface area contributed by atoms with Crippen molar-refractivity contribution in [2.24, 2.45) is 0 Å². The van der Waals surface area contributed by atoms with Crippen molar-refractivity contribution in [1.82, 2.24) is 4.90 Å². The standard InChI is InChI=1S/C30H23FINO4S/c1-2-36-26-15-20(16-27-29(34)33(30(35)38-27)17-19-10-12-23(31)13-11-19)14-25(32)28(26)37-18-22-8-5-7-21-6-3-4-9-24(21)22/h3-16H,2,17-18H2,1H3/b27-16-. The van der Waals surface area contributed by atoms with E-state index >= 15 is 0 Å². The van der Waals surface area contributed by atoms with Crippen LogP contribution >= 0.6 is 34.4 Å². The average molecular weight is 639 g/mol. The Morgan fingerprint density at radius 2 is 1.74 bits per heavy atom. The van der Waals surface area contributed by atoms with Crippen molar-refractivity contribution in [3.8, 4) is 11.5 Å². The first kappa shape index (κ1) is 26.2. The van der Waals surface area contributed by atoms with Gasteiger partial charge in [0, 0.05) is 0 Å². The maximum Gasteiger partial charge on any atom is 0.293 e. The summed E-state index contributed by atoms with van der Waals surface area (Å²) < 4.78 is 26.2. The Labute approximate surface area is 237 Å². The molecule has 38 heavy (non-hydrogen) atoms. The van der Waals surface area contributed by atoms with E-state index in [2.05, 4.69) is 40.8 Å². The van der Waals surface area contributed by atoms with Gasteiger partial charge in [-0.3, -0.25) is 14.5 Å². The molecule has 4 aromatic carbocycles. The number of amides is 2. The number of hydrogen-bond acceptors (Lipinski definition) is 5. The molecule has 0 atom stereocenters. The summed E-state index contributed by atoms with van der Waals surface area (Å²) in [6.45, 7) is 2.80. The van der Waals surface area contributed by atoms with E-state index in [9.17, 15) is 14.0 Å². The summed E-state index contributed by atoms with van der Waals surface area (Å²) in [4.78, 5) is 27.1. The normalized spacial score (nSPS) is 14.5. The molecule has 0 aromatic heterocycles. The highest BCUT2D eigenvalue weighted by Gasteiger charge is 2.35. The predicted octanol–water partition coefficient (Wildman–Crippen LogP) is 7.80. The lowest BCUT2D eigenvalue weighted by Crippen LogP contribution is -2.27. The van der Waals surface area contributed by atoms with E-state index in [0.29, 0.717) is 35.2 Å². The number of rotatable bonds is 8. The lowest BCUT2D eigenvalue weighted by atomic mass is 10.1. The number of hydrogen-bond donors (Lipinski definition) is 0. The highest BCUT2D eigenvalue weighted by Crippen LogP contribution is 2.38. The van der Waals surface area contributed by atoms with Crippen LogP contribution in [0.1, 0.15) is 23.6 Å². The molecule has 4 aromatic rings. The van der Waals surface area contributed by atoms with Gasteiger partial charge in [-0.1, -0.05) is 54.6 Å². The molecule has 5 rings (SSSR count). The number of thioether (sulfide) groups is 1. The Morgan fingerprint density at radius 3 is 2.53 bits per heavy atom. The monoisotopic (exact) mass is 639 g/mol. The lowest BCUT2D eigenvalue weighted by molar-refractivity contribution is -0.123. The maximum absolute atomic E-state index is 13.2. The van der Waals surface area contributed by atoms with Crippen LogP contribution in [0, 0.1) is 9.39 Å². The Bertz CT molecular complexity index is 1550. The van der Waals surface area contributed by atoms with Gasteiger partial charge in [0.2, 0.25) is 0 Å². The number of carbonyl (C=O) groups excluding carboxylic acids is 2. The molecular formula is C30H23FINO4S. The van der Waals surface area contributed by atoms with Crippen LogP contribution in [0.4, 0.5) is 9.18 Å². The largest absolute Gasteiger partial charge is 0.490 e. The van der Waals surface area contributed by atoms with Crippen molar-refractivity contribution in [2.45, 2.75) is 20.1 Å². The van der Waals surface area contributed by atoms with Crippen LogP contribution in [0.25, 0.3) is 16.8 Å². The molecule has 0 bridgehead atoms. The summed E-state index contributed by atoms with van der Waals surface area (Å²) in [6, 6.07) is 23.8. The summed E-state index contributed by atoms with van der Waals surface area (Å²) in [5.74, 6) is 0.444. The molecule has 0 aliphatic carbocycles. The van der Waals surface area contributed by atoms with Crippen molar-refractivity contribution < 1.29 is 23.5 Å². The van der Waals surface area contributed by atoms with E-state index in [1.54, 1.807) is 18.2 Å². The molecule has 1 heterocycles. The van der Waals surface area contributed by atoms with E-state index in [0.717, 1.165) is 37.2 Å². The molecule has 1 fully saturated rings. The first-order valence-corrected chi connectivity index (χ1v) is 13.9. The molecule has 0 spiro atoms. The lowest BCUT2D eigenvalue weighted by Gasteiger charge is -2.16. The van der Waals surface area contributed by atoms with E-state index in [1.807, 2.05) is 43.3 Å². The van der Waals surface area contributed by atoms with E-state index in [1.165, 1.54) is 17.0 Å². The molecule has 0 radical (unpaired) electrons. The third-order valence-electron chi connectivity index (χ3n) is 6.01. The maximum atomic E-state index is 13.2. The van der Waals surface area contributed by atoms with Gasteiger partial charge < -0.3 is 9.47 Å². The number of carbonyl (C=O) groups is 2. The summed E-state index contributed by atoms with van der Waals surface area (Å²) in [5.41, 5.74) is 2.47. The van der Waals surface area contributed by atoms with Crippen LogP contribution < -0.4 is 9.47 Å². The van der Waals surface area contributed by atoms with Gasteiger partial charge in [-0.25, -0.2) is 4.39 Å². The fourth-order valence-electron chi connectivity index (χ4n) is 4.20. The third kappa shape index (κ3) is 5.71. The van der Waals surface area contributed by atoms with Crippen LogP contribution in [0.3, 0.4) is 0 Å². The number of ether oxygens (including phenoxy) is 2. The summed E-state index contributed by atoms with van der Waals surface area (Å²) in [6.07, 6.45) is 1.69. The van der Waals surface area contributed by atoms with Gasteiger partial charge in [-0.15, -0.1) is 0 Å². The highest BCUT2D eigenvalue weighted by atomic mass is 127. The quantitative estimate of drug-likeness (QED) is 0.146. The topological polar surface area (TPSA) is 55.8 Å². The number of fused-ring (bicyclic) bond motifs is 1. The molecule has 8 heteroatoms. The fraction of sp³-hybridized carbons (Fsp3) is 0.133. The van der Waals surface area contributed by atoms with Gasteiger partial charge >= 0.3 is 0 Å². The highest BCUT2D eigenvalue weighted by molar-refractivity contribution is 14.1. The van der Waals surface area contributed by atoms with Gasteiger partial charge in [-0.05, 0) is 99.1 Å². The second kappa shape index (κ2) is 11.6. The molecule has 1 aliphatic rings. The second-order valence-corrected chi connectivity index (χ2v) is 10.7. The zero-order valence-electron chi connectivity index (χ0n) is 20.4. The molecule has 1 saturated heterocycles. The minimum atomic E-state index is -0.381. The first-order chi connectivity index (χ1) is 18.4. The Kier molecular flexibility index (Phi) is 7.99. The van der Waals surface area contributed by atoms with Crippen molar-refractivity contribution in [2.75, 3.05) is 6.61 Å². The summed E-state index contributed by atoms with van der Waals surface area (Å²) >= 11 is 3.08. The molecule has 0 saturated carbocycles. The smallest absolute Gasteiger partial charge is 0.293 e. The van der Waals surface area contributed by atoms with Gasteiger partial charge in [-0.2, -0.15) is 0 Å². The van der Waals surface area contributed by atoms with Crippen LogP contribution in [-0.4, -0.2) is 22.7 Å². The molecule has 192 valence electrons. The number of imide groups is 1. The Hall–Kier alpha value is -3.37. The second-order valence-electron chi connectivity index (χ2n) is 8.58. The SMILES string of the molecule is CCOc1cc(/C=C2\SC(=O)N(Cc3ccc(F)cc3)C2=O)cc(I)c1OCc1cccc2ccccc12. The zero-order valence-corrected chi connectivity index (χ0v) is 23.4. The number of halogens is 2. The van der Waals surface area contributed by atoms with Crippen LogP contribution in [0.5, 0.6) is 11.5 Å². The summed E-state index contributed by atoms with van der Waals surface area (Å²) in [5, 5.41) is 1.92. The van der Waals surface area contributed by atoms with Gasteiger partial charge in [0.25, 0.3) is 11.1 Å². The Morgan fingerprint density at radius 1 is 0.974 bits per heavy atom. The summed E-state index contributed by atoms with van der Waals surface area (Å²) in [7, 11) is 0. The van der Waals surface area contributed by atoms with Crippen molar-refractivity contribution in [3.63, 3.8) is 0 Å². The minimum Gasteiger partial charge on any atom is -0.490 e. The van der Waals surface area contributed by atoms with Crippen molar-refractivity contribution in [3.05, 3.63) is 110 Å². The first-order valence-electron chi connectivity index (χ1n) is 12.0. The van der Waals surface area contributed by atoms with E-state index in [-0.39, 0.29) is 23.5 Å². The van der Waals surface area contributed by atoms with Crippen LogP contribution in [-0.2, 0) is 17.9 Å². The number of benzene rings is 4. The van der Waals surface area contributed by atoms with E-state index in [4.69, 9.17) is 9.47 Å². The van der Waals surface area contributed by atoms with E-state index < -0.39 is 0 Å². The molecule has 5 nitrogen and oxygen atoms in total. The van der Waals surface area contributed by atoms with Crippen LogP contribution in [0.15, 0.2) is 83.8 Å². The molecule has 0 unspecified atom stereocenters. The predicted molar refractivity (Wildman–Crippen MR) is 157 cm³/mol. The van der Waals surface area contributed by atoms with Gasteiger partial charge in [0.15, 0.2) is 11.5 Å². The van der Waals surface area contributed by atoms with Crippen molar-refractivity contribution in [1.29, 1.82) is 0 Å². The molecular weight excluding hydrogens is 616 g/mol. The third-order valence-corrected chi connectivity index (χ3v) is 7.72. The Balaban J connectivity index is 1.38. The average Bonchev–Trinajstić information content (AvgIpc) is 3.17.